The third-order valence-corrected chi connectivity index (χ3v) is 6.34. The molecule has 180 valence electrons. The number of hydrogen-bond donors (Lipinski definition) is 2. The van der Waals surface area contributed by atoms with Gasteiger partial charge < -0.3 is 15.4 Å². The Morgan fingerprint density at radius 2 is 1.69 bits per heavy atom. The fourth-order valence-electron chi connectivity index (χ4n) is 3.44. The maximum Gasteiger partial charge on any atom is 0.237 e. The molecule has 0 saturated carbocycles. The molecule has 0 spiro atoms. The highest BCUT2D eigenvalue weighted by molar-refractivity contribution is 8.00. The van der Waals surface area contributed by atoms with Gasteiger partial charge >= 0.3 is 0 Å². The average molecular weight is 488 g/mol. The summed E-state index contributed by atoms with van der Waals surface area (Å²) in [5, 5.41) is 15.5. The number of carbonyl (C=O) groups is 1. The number of aryl methyl sites for hydroxylation is 1. The third-order valence-electron chi connectivity index (χ3n) is 5.30. The number of hydrogen-bond acceptors (Lipinski definition) is 6. The van der Waals surface area contributed by atoms with Crippen LogP contribution in [-0.4, -0.2) is 32.5 Å². The van der Waals surface area contributed by atoms with E-state index in [1.807, 2.05) is 85.1 Å². The minimum absolute atomic E-state index is 0.0891. The molecule has 2 N–H and O–H groups in total. The van der Waals surface area contributed by atoms with Crippen LogP contribution in [0, 0.1) is 6.92 Å². The van der Waals surface area contributed by atoms with Gasteiger partial charge in [-0.05, 0) is 69.3 Å². The summed E-state index contributed by atoms with van der Waals surface area (Å²) < 4.78 is 7.52. The van der Waals surface area contributed by atoms with Crippen molar-refractivity contribution in [3.8, 4) is 11.4 Å². The molecule has 0 aliphatic heterocycles. The second kappa shape index (κ2) is 11.6. The number of para-hydroxylation sites is 1. The molecule has 0 saturated heterocycles. The highest BCUT2D eigenvalue weighted by Gasteiger charge is 2.21. The normalized spacial score (nSPS) is 11.6. The molecule has 1 aromatic heterocycles. The number of anilines is 2. The van der Waals surface area contributed by atoms with Gasteiger partial charge in [0.25, 0.3) is 0 Å². The van der Waals surface area contributed by atoms with E-state index in [2.05, 4.69) is 39.9 Å². The molecule has 4 rings (SSSR count). The molecule has 0 aliphatic carbocycles. The predicted molar refractivity (Wildman–Crippen MR) is 141 cm³/mol. The number of nitrogens with zero attached hydrogens (tertiary/aromatic N) is 3. The minimum atomic E-state index is -0.365. The van der Waals surface area contributed by atoms with Gasteiger partial charge in [-0.25, -0.2) is 0 Å². The van der Waals surface area contributed by atoms with Crippen LogP contribution in [0.25, 0.3) is 5.69 Å². The lowest BCUT2D eigenvalue weighted by Gasteiger charge is -2.15. The first-order valence-corrected chi connectivity index (χ1v) is 12.4. The lowest BCUT2D eigenvalue weighted by molar-refractivity contribution is -0.115. The lowest BCUT2D eigenvalue weighted by Crippen LogP contribution is -2.23. The van der Waals surface area contributed by atoms with Gasteiger partial charge in [0, 0.05) is 17.1 Å². The van der Waals surface area contributed by atoms with Crippen LogP contribution in [-0.2, 0) is 11.3 Å². The van der Waals surface area contributed by atoms with Crippen molar-refractivity contribution in [2.75, 3.05) is 17.2 Å². The van der Waals surface area contributed by atoms with E-state index in [1.165, 1.54) is 17.3 Å². The zero-order valence-electron chi connectivity index (χ0n) is 20.1. The Bertz CT molecular complexity index is 1240. The van der Waals surface area contributed by atoms with Crippen LogP contribution >= 0.6 is 11.8 Å². The van der Waals surface area contributed by atoms with Crippen molar-refractivity contribution in [1.82, 2.24) is 14.8 Å². The molecule has 0 bridgehead atoms. The van der Waals surface area contributed by atoms with E-state index in [4.69, 9.17) is 4.74 Å². The summed E-state index contributed by atoms with van der Waals surface area (Å²) in [5.74, 6) is 1.50. The molecule has 0 radical (unpaired) electrons. The van der Waals surface area contributed by atoms with Crippen molar-refractivity contribution < 1.29 is 9.53 Å². The van der Waals surface area contributed by atoms with Crippen molar-refractivity contribution in [2.24, 2.45) is 0 Å². The number of carbonyl (C=O) groups excluding carboxylic acids is 1. The molecule has 3 aromatic carbocycles. The lowest BCUT2D eigenvalue weighted by atomic mass is 10.2. The number of amides is 1. The molecular formula is C27H29N5O2S. The number of thioether (sulfide) groups is 1. The number of benzene rings is 3. The summed E-state index contributed by atoms with van der Waals surface area (Å²) >= 11 is 1.38. The van der Waals surface area contributed by atoms with Crippen LogP contribution in [0.3, 0.4) is 0 Å². The van der Waals surface area contributed by atoms with E-state index < -0.39 is 0 Å². The van der Waals surface area contributed by atoms with Gasteiger partial charge in [-0.2, -0.15) is 0 Å². The Kier molecular flexibility index (Phi) is 8.05. The van der Waals surface area contributed by atoms with Gasteiger partial charge in [-0.15, -0.1) is 10.2 Å². The SMILES string of the molecule is CCOc1ccc(NCc2nnc(S[C@@H](C)C(=O)Nc3ccccc3)n2-c2ccc(C)cc2)cc1. The monoisotopic (exact) mass is 487 g/mol. The van der Waals surface area contributed by atoms with E-state index in [0.29, 0.717) is 18.3 Å². The number of ether oxygens (including phenoxy) is 1. The first kappa shape index (κ1) is 24.3. The summed E-state index contributed by atoms with van der Waals surface area (Å²) in [4.78, 5) is 12.8. The van der Waals surface area contributed by atoms with Gasteiger partial charge in [0.1, 0.15) is 5.75 Å². The second-order valence-corrected chi connectivity index (χ2v) is 9.30. The summed E-state index contributed by atoms with van der Waals surface area (Å²) in [7, 11) is 0. The molecule has 1 heterocycles. The molecule has 0 aliphatic rings. The van der Waals surface area contributed by atoms with Crippen molar-refractivity contribution >= 4 is 29.0 Å². The molecular weight excluding hydrogens is 458 g/mol. The summed E-state index contributed by atoms with van der Waals surface area (Å²) in [6, 6.07) is 25.5. The fraction of sp³-hybridized carbons (Fsp3) is 0.222. The number of aromatic nitrogens is 3. The van der Waals surface area contributed by atoms with Gasteiger partial charge in [-0.3, -0.25) is 9.36 Å². The topological polar surface area (TPSA) is 81.1 Å². The Hall–Kier alpha value is -3.78. The van der Waals surface area contributed by atoms with E-state index in [1.54, 1.807) is 0 Å². The molecule has 0 fully saturated rings. The zero-order valence-corrected chi connectivity index (χ0v) is 20.9. The van der Waals surface area contributed by atoms with Gasteiger partial charge in [-0.1, -0.05) is 47.7 Å². The molecule has 35 heavy (non-hydrogen) atoms. The van der Waals surface area contributed by atoms with Crippen molar-refractivity contribution in [3.63, 3.8) is 0 Å². The largest absolute Gasteiger partial charge is 0.494 e. The highest BCUT2D eigenvalue weighted by atomic mass is 32.2. The first-order valence-electron chi connectivity index (χ1n) is 11.5. The molecule has 8 heteroatoms. The van der Waals surface area contributed by atoms with E-state index in [9.17, 15) is 4.79 Å². The van der Waals surface area contributed by atoms with E-state index >= 15 is 0 Å². The van der Waals surface area contributed by atoms with Gasteiger partial charge in [0.05, 0.1) is 18.4 Å². The minimum Gasteiger partial charge on any atom is -0.494 e. The maximum absolute atomic E-state index is 12.8. The molecule has 1 atom stereocenters. The molecule has 7 nitrogen and oxygen atoms in total. The van der Waals surface area contributed by atoms with Crippen LogP contribution in [0.1, 0.15) is 25.2 Å². The van der Waals surface area contributed by atoms with Crippen molar-refractivity contribution in [3.05, 3.63) is 90.3 Å². The summed E-state index contributed by atoms with van der Waals surface area (Å²) in [6.07, 6.45) is 0. The van der Waals surface area contributed by atoms with Gasteiger partial charge in [0.15, 0.2) is 11.0 Å². The number of rotatable bonds is 10. The third kappa shape index (κ3) is 6.42. The zero-order chi connectivity index (χ0) is 24.6. The van der Waals surface area contributed by atoms with Crippen molar-refractivity contribution in [2.45, 2.75) is 37.7 Å². The van der Waals surface area contributed by atoms with Gasteiger partial charge in [0.2, 0.25) is 5.91 Å². The second-order valence-electron chi connectivity index (χ2n) is 8.00. The van der Waals surface area contributed by atoms with Crippen LogP contribution in [0.4, 0.5) is 11.4 Å². The fourth-order valence-corrected chi connectivity index (χ4v) is 4.32. The smallest absolute Gasteiger partial charge is 0.237 e. The van der Waals surface area contributed by atoms with E-state index in [0.717, 1.165) is 28.6 Å². The first-order chi connectivity index (χ1) is 17.0. The Morgan fingerprint density at radius 1 is 0.971 bits per heavy atom. The highest BCUT2D eigenvalue weighted by Crippen LogP contribution is 2.27. The quantitative estimate of drug-likeness (QED) is 0.279. The Labute approximate surface area is 209 Å². The standard InChI is InChI=1S/C27H29N5O2S/c1-4-34-24-16-12-21(13-17-24)28-18-25-30-31-27(32(25)23-14-10-19(2)11-15-23)35-20(3)26(33)29-22-8-6-5-7-9-22/h5-17,20,28H,4,18H2,1-3H3,(H,29,33)/t20-/m0/s1. The predicted octanol–water partition coefficient (Wildman–Crippen LogP) is 5.71. The molecule has 1 amide bonds. The average Bonchev–Trinajstić information content (AvgIpc) is 3.27. The maximum atomic E-state index is 12.8. The number of nitrogens with one attached hydrogen (secondary N) is 2. The van der Waals surface area contributed by atoms with Crippen LogP contribution < -0.4 is 15.4 Å². The Morgan fingerprint density at radius 3 is 2.37 bits per heavy atom. The van der Waals surface area contributed by atoms with Crippen molar-refractivity contribution in [1.29, 1.82) is 0 Å². The summed E-state index contributed by atoms with van der Waals surface area (Å²) in [5.41, 5.74) is 3.84. The molecule has 0 unspecified atom stereocenters. The Balaban J connectivity index is 1.53. The molecule has 4 aromatic rings. The van der Waals surface area contributed by atoms with Crippen LogP contribution in [0.2, 0.25) is 0 Å². The summed E-state index contributed by atoms with van der Waals surface area (Å²) in [6.45, 7) is 6.99. The van der Waals surface area contributed by atoms with Crippen LogP contribution in [0.15, 0.2) is 84.0 Å². The van der Waals surface area contributed by atoms with Crippen LogP contribution in [0.5, 0.6) is 5.75 Å². The van der Waals surface area contributed by atoms with E-state index in [-0.39, 0.29) is 11.2 Å².